The van der Waals surface area contributed by atoms with Crippen molar-refractivity contribution in [2.75, 3.05) is 0 Å². The fraction of sp³-hybridized carbons (Fsp3) is 0.250. The molecular formula is C16H15N2OW+. The average Bonchev–Trinajstić information content (AvgIpc) is 2.37. The van der Waals surface area contributed by atoms with Crippen LogP contribution >= 0.6 is 0 Å². The maximum Gasteiger partial charge on any atom is 2.00 e. The van der Waals surface area contributed by atoms with Crippen LogP contribution in [0, 0.1) is 46.1 Å². The molecule has 0 spiro atoms. The molecule has 3 nitrogen and oxygen atoms in total. The summed E-state index contributed by atoms with van der Waals surface area (Å²) in [4.78, 5) is 16.7. The molecule has 0 aliphatic rings. The van der Waals surface area contributed by atoms with Crippen molar-refractivity contribution in [2.45, 2.75) is 27.7 Å². The monoisotopic (exact) mass is 435 g/mol. The van der Waals surface area contributed by atoms with Crippen LogP contribution in [-0.2, 0) is 21.1 Å². The van der Waals surface area contributed by atoms with E-state index in [4.69, 9.17) is 6.42 Å². The van der Waals surface area contributed by atoms with Crippen LogP contribution in [0.5, 0.6) is 0 Å². The van der Waals surface area contributed by atoms with E-state index >= 15 is 0 Å². The normalized spacial score (nSPS) is 9.75. The molecule has 1 heterocycles. The maximum absolute atomic E-state index is 12.4. The van der Waals surface area contributed by atoms with Crippen molar-refractivity contribution in [2.24, 2.45) is 0 Å². The number of aromatic nitrogens is 2. The zero-order chi connectivity index (χ0) is 14.2. The van der Waals surface area contributed by atoms with Crippen LogP contribution in [0.4, 0.5) is 0 Å². The van der Waals surface area contributed by atoms with E-state index in [1.807, 2.05) is 19.9 Å². The summed E-state index contributed by atoms with van der Waals surface area (Å²) in [5.74, 6) is 2.81. The Labute approximate surface area is 133 Å². The Bertz CT molecular complexity index is 754. The molecule has 0 atom stereocenters. The topological polar surface area (TPSA) is 34.9 Å². The summed E-state index contributed by atoms with van der Waals surface area (Å²) in [5.41, 5.74) is 3.88. The van der Waals surface area contributed by atoms with Gasteiger partial charge >= 0.3 is 21.1 Å². The number of nitrogens with zero attached hydrogens (tertiary/aromatic N) is 2. The predicted octanol–water partition coefficient (Wildman–Crippen LogP) is 2.25. The molecule has 0 amide bonds. The first-order valence-electron chi connectivity index (χ1n) is 6.02. The molecule has 2 rings (SSSR count). The first-order valence-corrected chi connectivity index (χ1v) is 6.02. The molecule has 2 aromatic rings. The van der Waals surface area contributed by atoms with Gasteiger partial charge in [0, 0.05) is 11.3 Å². The van der Waals surface area contributed by atoms with Crippen LogP contribution in [0.2, 0.25) is 0 Å². The van der Waals surface area contributed by atoms with Gasteiger partial charge in [-0.05, 0) is 19.8 Å². The summed E-state index contributed by atoms with van der Waals surface area (Å²) in [7, 11) is 0. The summed E-state index contributed by atoms with van der Waals surface area (Å²) in [5, 5.41) is 0. The Hall–Kier alpha value is -1.65. The minimum atomic E-state index is -0.124. The van der Waals surface area contributed by atoms with Crippen LogP contribution in [0.25, 0.3) is 5.69 Å². The van der Waals surface area contributed by atoms with Gasteiger partial charge in [0.15, 0.2) is 5.82 Å². The fourth-order valence-corrected chi connectivity index (χ4v) is 2.01. The Morgan fingerprint density at radius 1 is 1.30 bits per heavy atom. The molecule has 4 heteroatoms. The maximum atomic E-state index is 12.4. The fourth-order valence-electron chi connectivity index (χ4n) is 2.01. The van der Waals surface area contributed by atoms with Gasteiger partial charge in [-0.3, -0.25) is 4.79 Å². The molecule has 0 fully saturated rings. The number of terminal acetylenes is 1. The van der Waals surface area contributed by atoms with E-state index in [0.717, 1.165) is 16.8 Å². The Morgan fingerprint density at radius 3 is 2.50 bits per heavy atom. The number of hydrogen-bond donors (Lipinski definition) is 0. The summed E-state index contributed by atoms with van der Waals surface area (Å²) < 4.78 is 1.48. The van der Waals surface area contributed by atoms with Gasteiger partial charge in [0.1, 0.15) is 0 Å². The van der Waals surface area contributed by atoms with E-state index in [1.165, 1.54) is 4.57 Å². The van der Waals surface area contributed by atoms with Crippen LogP contribution in [0.1, 0.15) is 28.2 Å². The van der Waals surface area contributed by atoms with E-state index in [9.17, 15) is 4.79 Å². The molecule has 1 aromatic carbocycles. The summed E-state index contributed by atoms with van der Waals surface area (Å²) in [6, 6.07) is 6.85. The van der Waals surface area contributed by atoms with Crippen molar-refractivity contribution in [1.82, 2.24) is 9.55 Å². The predicted molar refractivity (Wildman–Crippen MR) is 75.6 cm³/mol. The molecule has 0 radical (unpaired) electrons. The molecule has 0 aliphatic heterocycles. The van der Waals surface area contributed by atoms with Crippen molar-refractivity contribution >= 4 is 0 Å². The molecule has 20 heavy (non-hydrogen) atoms. The van der Waals surface area contributed by atoms with Gasteiger partial charge in [0.2, 0.25) is 0 Å². The summed E-state index contributed by atoms with van der Waals surface area (Å²) in [6.07, 6.45) is 5.47. The smallest absolute Gasteiger partial charge is 0.309 e. The summed E-state index contributed by atoms with van der Waals surface area (Å²) >= 11 is 0. The third kappa shape index (κ3) is 2.76. The molecule has 0 bridgehead atoms. The van der Waals surface area contributed by atoms with Crippen LogP contribution in [0.3, 0.4) is 0 Å². The first kappa shape index (κ1) is 16.4. The molecule has 100 valence electrons. The second kappa shape index (κ2) is 6.20. The van der Waals surface area contributed by atoms with Gasteiger partial charge in [-0.25, -0.2) is 4.98 Å². The van der Waals surface area contributed by atoms with Crippen molar-refractivity contribution in [3.8, 4) is 18.0 Å². The van der Waals surface area contributed by atoms with Crippen molar-refractivity contribution < 1.29 is 21.1 Å². The van der Waals surface area contributed by atoms with Crippen molar-refractivity contribution in [3.05, 3.63) is 56.8 Å². The molecule has 0 unspecified atom stereocenters. The number of aryl methyl sites for hydroxylation is 3. The third-order valence-electron chi connectivity index (χ3n) is 3.20. The standard InChI is InChI=1S/C16H15N2O.W/c1-6-15-17-13(5)12(4)16(19)18(15)14-8-7-10(2)9-11(14)3;/h1,8-9H,2-5H3;/q-1;+2. The van der Waals surface area contributed by atoms with Gasteiger partial charge in [0.25, 0.3) is 5.56 Å². The van der Waals surface area contributed by atoms with Gasteiger partial charge in [-0.15, -0.1) is 12.0 Å². The van der Waals surface area contributed by atoms with E-state index in [2.05, 4.69) is 17.0 Å². The molecule has 0 aliphatic carbocycles. The van der Waals surface area contributed by atoms with Crippen molar-refractivity contribution in [1.29, 1.82) is 0 Å². The minimum Gasteiger partial charge on any atom is -0.309 e. The van der Waals surface area contributed by atoms with Gasteiger partial charge in [-0.1, -0.05) is 19.5 Å². The van der Waals surface area contributed by atoms with E-state index in [0.29, 0.717) is 17.1 Å². The summed E-state index contributed by atoms with van der Waals surface area (Å²) in [6.45, 7) is 7.45. The van der Waals surface area contributed by atoms with Crippen LogP contribution in [0.15, 0.2) is 16.9 Å². The molecule has 1 aromatic heterocycles. The van der Waals surface area contributed by atoms with Crippen molar-refractivity contribution in [3.63, 3.8) is 0 Å². The Balaban J connectivity index is 0.00000200. The van der Waals surface area contributed by atoms with E-state index in [-0.39, 0.29) is 26.6 Å². The molecule has 0 N–H and O–H groups in total. The Morgan fingerprint density at radius 2 is 1.95 bits per heavy atom. The number of benzene rings is 1. The largest absolute Gasteiger partial charge is 2.00 e. The zero-order valence-electron chi connectivity index (χ0n) is 11.9. The minimum absolute atomic E-state index is 0. The number of hydrogen-bond acceptors (Lipinski definition) is 2. The second-order valence-electron chi connectivity index (χ2n) is 4.61. The SMILES string of the molecule is C#Cc1nc(C)c(C)c(=O)n1-c1c[c-]c(C)cc1C.[W+2]. The molecular weight excluding hydrogens is 420 g/mol. The first-order chi connectivity index (χ1) is 8.95. The van der Waals surface area contributed by atoms with Crippen LogP contribution in [-0.4, -0.2) is 9.55 Å². The average molecular weight is 435 g/mol. The van der Waals surface area contributed by atoms with Gasteiger partial charge < -0.3 is 4.57 Å². The van der Waals surface area contributed by atoms with Gasteiger partial charge in [0.05, 0.1) is 0 Å². The molecule has 0 saturated carbocycles. The zero-order valence-corrected chi connectivity index (χ0v) is 14.9. The van der Waals surface area contributed by atoms with Gasteiger partial charge in [-0.2, -0.15) is 23.8 Å². The van der Waals surface area contributed by atoms with E-state index < -0.39 is 0 Å². The number of rotatable bonds is 1. The Kier molecular flexibility index (Phi) is 5.08. The van der Waals surface area contributed by atoms with E-state index in [1.54, 1.807) is 19.9 Å². The molecule has 0 saturated heterocycles. The second-order valence-corrected chi connectivity index (χ2v) is 4.61. The third-order valence-corrected chi connectivity index (χ3v) is 3.20. The quantitative estimate of drug-likeness (QED) is 0.509. The van der Waals surface area contributed by atoms with Crippen LogP contribution < -0.4 is 5.56 Å².